The second-order valence-electron chi connectivity index (χ2n) is 6.82. The largest absolute Gasteiger partial charge is 0.378 e. The van der Waals surface area contributed by atoms with Crippen molar-refractivity contribution < 1.29 is 9.13 Å². The van der Waals surface area contributed by atoms with Gasteiger partial charge >= 0.3 is 0 Å². The maximum Gasteiger partial charge on any atom is 0.198 e. The van der Waals surface area contributed by atoms with Crippen molar-refractivity contribution in [3.8, 4) is 0 Å². The zero-order valence-electron chi connectivity index (χ0n) is 15.6. The first kappa shape index (κ1) is 17.8. The topological polar surface area (TPSA) is 40.1 Å². The molecule has 2 heterocycles. The lowest BCUT2D eigenvalue weighted by Gasteiger charge is -2.29. The zero-order chi connectivity index (χ0) is 18.6. The van der Waals surface area contributed by atoms with Crippen molar-refractivity contribution in [1.29, 1.82) is 0 Å². The highest BCUT2D eigenvalue weighted by Gasteiger charge is 2.22. The molecule has 2 aromatic rings. The number of ether oxygens (including phenoxy) is 1. The van der Waals surface area contributed by atoms with E-state index in [-0.39, 0.29) is 5.82 Å². The first-order chi connectivity index (χ1) is 13.3. The molecule has 0 bridgehead atoms. The molecule has 2 aliphatic heterocycles. The smallest absolute Gasteiger partial charge is 0.198 e. The Hall–Kier alpha value is -2.60. The minimum absolute atomic E-state index is 0.183. The molecular weight excluding hydrogens is 343 g/mol. The van der Waals surface area contributed by atoms with E-state index in [0.717, 1.165) is 37.6 Å². The molecular formula is C21H25FN4O. The normalized spacial score (nSPS) is 17.2. The van der Waals surface area contributed by atoms with Crippen LogP contribution in [0.25, 0.3) is 0 Å². The van der Waals surface area contributed by atoms with Gasteiger partial charge in [-0.2, -0.15) is 0 Å². The molecule has 142 valence electrons. The van der Waals surface area contributed by atoms with Gasteiger partial charge in [-0.15, -0.1) is 0 Å². The summed E-state index contributed by atoms with van der Waals surface area (Å²) < 4.78 is 19.9. The first-order valence-electron chi connectivity index (χ1n) is 9.43. The predicted octanol–water partition coefficient (Wildman–Crippen LogP) is 2.80. The van der Waals surface area contributed by atoms with Crippen LogP contribution in [-0.2, 0) is 17.7 Å². The second kappa shape index (κ2) is 7.96. The highest BCUT2D eigenvalue weighted by atomic mass is 19.1. The van der Waals surface area contributed by atoms with Crippen LogP contribution in [0.15, 0.2) is 47.5 Å². The zero-order valence-corrected chi connectivity index (χ0v) is 15.6. The molecule has 2 aliphatic rings. The third-order valence-electron chi connectivity index (χ3n) is 5.17. The van der Waals surface area contributed by atoms with E-state index in [9.17, 15) is 4.39 Å². The molecule has 0 amide bonds. The lowest BCUT2D eigenvalue weighted by Crippen LogP contribution is -2.40. The fourth-order valence-electron chi connectivity index (χ4n) is 3.76. The highest BCUT2D eigenvalue weighted by Crippen LogP contribution is 2.27. The van der Waals surface area contributed by atoms with Gasteiger partial charge < -0.3 is 19.9 Å². The molecule has 0 atom stereocenters. The fourth-order valence-corrected chi connectivity index (χ4v) is 3.76. The van der Waals surface area contributed by atoms with Crippen molar-refractivity contribution in [2.24, 2.45) is 4.99 Å². The Labute approximate surface area is 159 Å². The molecule has 4 rings (SSSR count). The van der Waals surface area contributed by atoms with E-state index in [4.69, 9.17) is 4.74 Å². The third-order valence-corrected chi connectivity index (χ3v) is 5.17. The number of hydrogen-bond acceptors (Lipinski definition) is 3. The van der Waals surface area contributed by atoms with E-state index in [0.29, 0.717) is 25.4 Å². The summed E-state index contributed by atoms with van der Waals surface area (Å²) >= 11 is 0. The van der Waals surface area contributed by atoms with Crippen LogP contribution in [-0.4, -0.2) is 45.9 Å². The number of morpholine rings is 1. The van der Waals surface area contributed by atoms with Crippen molar-refractivity contribution in [2.45, 2.75) is 13.0 Å². The SMILES string of the molecule is CN=C(NCc1ccc(N2CCOCC2)c(F)c1)N1CCc2ccccc21. The molecule has 0 radical (unpaired) electrons. The van der Waals surface area contributed by atoms with E-state index >= 15 is 0 Å². The Bertz CT molecular complexity index is 833. The molecule has 1 N–H and O–H groups in total. The van der Waals surface area contributed by atoms with Gasteiger partial charge in [0.2, 0.25) is 0 Å². The molecule has 0 saturated carbocycles. The van der Waals surface area contributed by atoms with Crippen molar-refractivity contribution >= 4 is 17.3 Å². The number of hydrogen-bond donors (Lipinski definition) is 1. The molecule has 1 saturated heterocycles. The Morgan fingerprint density at radius 1 is 1.11 bits per heavy atom. The molecule has 5 nitrogen and oxygen atoms in total. The van der Waals surface area contributed by atoms with Gasteiger partial charge in [0.15, 0.2) is 5.96 Å². The summed E-state index contributed by atoms with van der Waals surface area (Å²) in [6, 6.07) is 13.8. The number of aliphatic imine (C=N–C) groups is 1. The molecule has 0 unspecified atom stereocenters. The minimum atomic E-state index is -0.183. The van der Waals surface area contributed by atoms with E-state index in [1.165, 1.54) is 11.3 Å². The monoisotopic (exact) mass is 368 g/mol. The molecule has 0 aliphatic carbocycles. The van der Waals surface area contributed by atoms with Crippen molar-refractivity contribution in [3.63, 3.8) is 0 Å². The number of halogens is 1. The maximum absolute atomic E-state index is 14.6. The summed E-state index contributed by atoms with van der Waals surface area (Å²) in [7, 11) is 1.78. The van der Waals surface area contributed by atoms with Crippen LogP contribution in [0.5, 0.6) is 0 Å². The number of nitrogens with one attached hydrogen (secondary N) is 1. The molecule has 1 fully saturated rings. The average Bonchev–Trinajstić information content (AvgIpc) is 3.13. The van der Waals surface area contributed by atoms with E-state index in [1.54, 1.807) is 13.1 Å². The second-order valence-corrected chi connectivity index (χ2v) is 6.82. The van der Waals surface area contributed by atoms with Crippen LogP contribution >= 0.6 is 0 Å². The van der Waals surface area contributed by atoms with Gasteiger partial charge in [0, 0.05) is 38.9 Å². The minimum Gasteiger partial charge on any atom is -0.378 e. The number of benzene rings is 2. The van der Waals surface area contributed by atoms with Gasteiger partial charge in [0.25, 0.3) is 0 Å². The van der Waals surface area contributed by atoms with Crippen molar-refractivity contribution in [3.05, 3.63) is 59.4 Å². The van der Waals surface area contributed by atoms with Gasteiger partial charge in [0.1, 0.15) is 5.82 Å². The number of fused-ring (bicyclic) bond motifs is 1. The average molecular weight is 368 g/mol. The number of rotatable bonds is 3. The Morgan fingerprint density at radius 2 is 1.93 bits per heavy atom. The van der Waals surface area contributed by atoms with Crippen molar-refractivity contribution in [1.82, 2.24) is 5.32 Å². The number of para-hydroxylation sites is 1. The summed E-state index contributed by atoms with van der Waals surface area (Å²) in [5.41, 5.74) is 4.08. The first-order valence-corrected chi connectivity index (χ1v) is 9.43. The predicted molar refractivity (Wildman–Crippen MR) is 107 cm³/mol. The van der Waals surface area contributed by atoms with Crippen LogP contribution in [0.4, 0.5) is 15.8 Å². The van der Waals surface area contributed by atoms with Crippen LogP contribution in [0.3, 0.4) is 0 Å². The van der Waals surface area contributed by atoms with E-state index < -0.39 is 0 Å². The summed E-state index contributed by atoms with van der Waals surface area (Å²) in [4.78, 5) is 8.64. The van der Waals surface area contributed by atoms with Crippen LogP contribution in [0, 0.1) is 5.82 Å². The van der Waals surface area contributed by atoms with Crippen LogP contribution < -0.4 is 15.1 Å². The van der Waals surface area contributed by atoms with E-state index in [1.807, 2.05) is 23.1 Å². The summed E-state index contributed by atoms with van der Waals surface area (Å²) in [5, 5.41) is 3.37. The molecule has 6 heteroatoms. The quantitative estimate of drug-likeness (QED) is 0.668. The van der Waals surface area contributed by atoms with Crippen molar-refractivity contribution in [2.75, 3.05) is 49.7 Å². The summed E-state index contributed by atoms with van der Waals surface area (Å²) in [5.74, 6) is 0.635. The number of guanidine groups is 1. The lowest BCUT2D eigenvalue weighted by atomic mass is 10.1. The molecule has 27 heavy (non-hydrogen) atoms. The van der Waals surface area contributed by atoms with Crippen LogP contribution in [0.2, 0.25) is 0 Å². The summed E-state index contributed by atoms with van der Waals surface area (Å²) in [6.45, 7) is 4.20. The maximum atomic E-state index is 14.6. The molecule has 0 spiro atoms. The lowest BCUT2D eigenvalue weighted by molar-refractivity contribution is 0.122. The Balaban J connectivity index is 1.43. The van der Waals surface area contributed by atoms with Gasteiger partial charge in [-0.05, 0) is 35.7 Å². The highest BCUT2D eigenvalue weighted by molar-refractivity contribution is 5.97. The molecule has 0 aromatic heterocycles. The van der Waals surface area contributed by atoms with Gasteiger partial charge in [-0.25, -0.2) is 4.39 Å². The number of anilines is 2. The van der Waals surface area contributed by atoms with Gasteiger partial charge in [0.05, 0.1) is 18.9 Å². The van der Waals surface area contributed by atoms with Gasteiger partial charge in [-0.3, -0.25) is 4.99 Å². The van der Waals surface area contributed by atoms with E-state index in [2.05, 4.69) is 33.4 Å². The van der Waals surface area contributed by atoms with Gasteiger partial charge in [-0.1, -0.05) is 24.3 Å². The fraction of sp³-hybridized carbons (Fsp3) is 0.381. The third kappa shape index (κ3) is 3.76. The van der Waals surface area contributed by atoms with Crippen LogP contribution in [0.1, 0.15) is 11.1 Å². The molecule has 2 aromatic carbocycles. The Morgan fingerprint density at radius 3 is 2.70 bits per heavy atom. The number of nitrogens with zero attached hydrogens (tertiary/aromatic N) is 3. The standard InChI is InChI=1S/C21H25FN4O/c1-23-21(26-9-8-17-4-2-3-5-19(17)26)24-15-16-6-7-20(18(22)14-16)25-10-12-27-13-11-25/h2-7,14H,8-13,15H2,1H3,(H,23,24). The summed E-state index contributed by atoms with van der Waals surface area (Å²) in [6.07, 6.45) is 1.01. The Kier molecular flexibility index (Phi) is 5.25.